The highest BCUT2D eigenvalue weighted by molar-refractivity contribution is 14.1. The molecular weight excluding hydrogens is 336 g/mol. The zero-order chi connectivity index (χ0) is 11.5. The zero-order valence-electron chi connectivity index (χ0n) is 8.53. The fraction of sp³-hybridized carbons (Fsp3) is 0.182. The van der Waals surface area contributed by atoms with Gasteiger partial charge in [0.1, 0.15) is 0 Å². The van der Waals surface area contributed by atoms with Gasteiger partial charge in [0.05, 0.1) is 17.0 Å². The summed E-state index contributed by atoms with van der Waals surface area (Å²) in [7, 11) is 0. The maximum absolute atomic E-state index is 6.21. The molecule has 2 N–H and O–H groups in total. The minimum Gasteiger partial charge on any atom is -0.330 e. The first-order valence-electron chi connectivity index (χ1n) is 4.89. The Kier molecular flexibility index (Phi) is 3.83. The molecule has 2 aromatic rings. The lowest BCUT2D eigenvalue weighted by molar-refractivity contribution is 0.873. The Hall–Kier alpha value is -0.590. The van der Waals surface area contributed by atoms with Crippen LogP contribution in [0.4, 0.5) is 0 Å². The van der Waals surface area contributed by atoms with Crippen LogP contribution >= 0.6 is 34.2 Å². The molecule has 0 unspecified atom stereocenters. The normalized spacial score (nSPS) is 10.7. The zero-order valence-corrected chi connectivity index (χ0v) is 11.4. The molecule has 0 saturated heterocycles. The molecule has 0 saturated carbocycles. The van der Waals surface area contributed by atoms with E-state index in [9.17, 15) is 0 Å². The number of nitrogens with two attached hydrogens (primary N) is 1. The van der Waals surface area contributed by atoms with Crippen LogP contribution in [0.2, 0.25) is 5.02 Å². The number of halogens is 2. The van der Waals surface area contributed by atoms with E-state index in [0.29, 0.717) is 6.54 Å². The fourth-order valence-electron chi connectivity index (χ4n) is 1.55. The van der Waals surface area contributed by atoms with Gasteiger partial charge in [0, 0.05) is 21.9 Å². The molecule has 0 radical (unpaired) electrons. The first-order chi connectivity index (χ1) is 7.72. The summed E-state index contributed by atoms with van der Waals surface area (Å²) < 4.78 is 3.09. The number of hydrogen-bond donors (Lipinski definition) is 1. The first kappa shape index (κ1) is 11.9. The van der Waals surface area contributed by atoms with E-state index in [0.717, 1.165) is 26.4 Å². The Morgan fingerprint density at radius 1 is 1.44 bits per heavy atom. The van der Waals surface area contributed by atoms with E-state index < -0.39 is 0 Å². The van der Waals surface area contributed by atoms with Gasteiger partial charge in [-0.2, -0.15) is 0 Å². The van der Waals surface area contributed by atoms with Crippen molar-refractivity contribution in [3.05, 3.63) is 45.0 Å². The van der Waals surface area contributed by atoms with Crippen LogP contribution in [-0.2, 0) is 6.42 Å². The largest absolute Gasteiger partial charge is 0.330 e. The summed E-state index contributed by atoms with van der Waals surface area (Å²) in [5.41, 5.74) is 7.58. The van der Waals surface area contributed by atoms with E-state index in [4.69, 9.17) is 17.3 Å². The van der Waals surface area contributed by atoms with Gasteiger partial charge in [0.25, 0.3) is 0 Å². The van der Waals surface area contributed by atoms with Crippen molar-refractivity contribution in [2.24, 2.45) is 5.73 Å². The van der Waals surface area contributed by atoms with Crippen LogP contribution in [0.5, 0.6) is 0 Å². The number of nitrogens with zero attached hydrogens (tertiary/aromatic N) is 2. The molecule has 0 amide bonds. The Morgan fingerprint density at radius 2 is 2.25 bits per heavy atom. The lowest BCUT2D eigenvalue weighted by Gasteiger charge is -2.09. The summed E-state index contributed by atoms with van der Waals surface area (Å²) in [5.74, 6) is 0. The number of rotatable bonds is 3. The molecule has 3 nitrogen and oxygen atoms in total. The quantitative estimate of drug-likeness (QED) is 0.868. The highest BCUT2D eigenvalue weighted by Gasteiger charge is 2.07. The van der Waals surface area contributed by atoms with Crippen LogP contribution in [0.3, 0.4) is 0 Å². The maximum Gasteiger partial charge on any atom is 0.0994 e. The lowest BCUT2D eigenvalue weighted by atomic mass is 10.3. The smallest absolute Gasteiger partial charge is 0.0994 e. The van der Waals surface area contributed by atoms with E-state index in [1.165, 1.54) is 0 Å². The molecule has 5 heteroatoms. The summed E-state index contributed by atoms with van der Waals surface area (Å²) in [4.78, 5) is 4.13. The highest BCUT2D eigenvalue weighted by Crippen LogP contribution is 2.23. The van der Waals surface area contributed by atoms with Gasteiger partial charge in [-0.3, -0.25) is 0 Å². The standard InChI is InChI=1S/C11H11ClIN3/c12-10-5-8(13)1-2-11(10)16-7-15-6-9(16)3-4-14/h1-2,5-7H,3-4,14H2. The van der Waals surface area contributed by atoms with Gasteiger partial charge in [-0.05, 0) is 47.3 Å². The van der Waals surface area contributed by atoms with Crippen LogP contribution < -0.4 is 5.73 Å². The van der Waals surface area contributed by atoms with Crippen molar-refractivity contribution in [2.75, 3.05) is 6.54 Å². The van der Waals surface area contributed by atoms with Crippen molar-refractivity contribution in [1.29, 1.82) is 0 Å². The average Bonchev–Trinajstić information content (AvgIpc) is 2.67. The van der Waals surface area contributed by atoms with E-state index >= 15 is 0 Å². The molecule has 16 heavy (non-hydrogen) atoms. The molecule has 1 aromatic carbocycles. The van der Waals surface area contributed by atoms with Crippen LogP contribution in [0.25, 0.3) is 5.69 Å². The second kappa shape index (κ2) is 5.16. The molecule has 1 aromatic heterocycles. The Labute approximate surface area is 113 Å². The SMILES string of the molecule is NCCc1cncn1-c1ccc(I)cc1Cl. The molecular formula is C11H11ClIN3. The summed E-state index contributed by atoms with van der Waals surface area (Å²) >= 11 is 8.44. The van der Waals surface area contributed by atoms with E-state index in [1.807, 2.05) is 29.0 Å². The van der Waals surface area contributed by atoms with Crippen molar-refractivity contribution in [1.82, 2.24) is 9.55 Å². The van der Waals surface area contributed by atoms with Crippen molar-refractivity contribution in [3.63, 3.8) is 0 Å². The number of imidazole rings is 1. The van der Waals surface area contributed by atoms with Gasteiger partial charge in [-0.15, -0.1) is 0 Å². The molecule has 0 bridgehead atoms. The van der Waals surface area contributed by atoms with Crippen LogP contribution in [0, 0.1) is 3.57 Å². The number of aromatic nitrogens is 2. The molecule has 2 rings (SSSR count). The molecule has 0 fully saturated rings. The fourth-order valence-corrected chi connectivity index (χ4v) is 2.50. The van der Waals surface area contributed by atoms with Crippen molar-refractivity contribution in [3.8, 4) is 5.69 Å². The minimum absolute atomic E-state index is 0.605. The van der Waals surface area contributed by atoms with Gasteiger partial charge >= 0.3 is 0 Å². The predicted molar refractivity (Wildman–Crippen MR) is 74.0 cm³/mol. The van der Waals surface area contributed by atoms with Gasteiger partial charge in [0.15, 0.2) is 0 Å². The van der Waals surface area contributed by atoms with E-state index in [-0.39, 0.29) is 0 Å². The molecule has 84 valence electrons. The summed E-state index contributed by atoms with van der Waals surface area (Å²) in [6, 6.07) is 5.95. The molecule has 0 spiro atoms. The van der Waals surface area contributed by atoms with Gasteiger partial charge in [-0.25, -0.2) is 4.98 Å². The number of benzene rings is 1. The van der Waals surface area contributed by atoms with Gasteiger partial charge in [0.2, 0.25) is 0 Å². The summed E-state index contributed by atoms with van der Waals surface area (Å²) in [6.07, 6.45) is 4.38. The van der Waals surface area contributed by atoms with Crippen LogP contribution in [0.1, 0.15) is 5.69 Å². The molecule has 0 aliphatic heterocycles. The minimum atomic E-state index is 0.605. The summed E-state index contributed by atoms with van der Waals surface area (Å²) in [6.45, 7) is 0.605. The predicted octanol–water partition coefficient (Wildman–Crippen LogP) is 2.63. The molecule has 1 heterocycles. The first-order valence-corrected chi connectivity index (χ1v) is 6.34. The van der Waals surface area contributed by atoms with Crippen molar-refractivity contribution >= 4 is 34.2 Å². The Balaban J connectivity index is 2.46. The maximum atomic E-state index is 6.21. The van der Waals surface area contributed by atoms with Crippen molar-refractivity contribution in [2.45, 2.75) is 6.42 Å². The van der Waals surface area contributed by atoms with Crippen LogP contribution in [-0.4, -0.2) is 16.1 Å². The van der Waals surface area contributed by atoms with E-state index in [2.05, 4.69) is 27.6 Å². The van der Waals surface area contributed by atoms with E-state index in [1.54, 1.807) is 6.33 Å². The number of hydrogen-bond acceptors (Lipinski definition) is 2. The Morgan fingerprint density at radius 3 is 2.94 bits per heavy atom. The molecule has 0 aliphatic rings. The van der Waals surface area contributed by atoms with Crippen LogP contribution in [0.15, 0.2) is 30.7 Å². The second-order valence-electron chi connectivity index (χ2n) is 3.39. The second-order valence-corrected chi connectivity index (χ2v) is 5.04. The average molecular weight is 348 g/mol. The molecule has 0 aliphatic carbocycles. The van der Waals surface area contributed by atoms with Crippen molar-refractivity contribution < 1.29 is 0 Å². The van der Waals surface area contributed by atoms with Gasteiger partial charge in [-0.1, -0.05) is 11.6 Å². The topological polar surface area (TPSA) is 43.8 Å². The van der Waals surface area contributed by atoms with Gasteiger partial charge < -0.3 is 10.3 Å². The summed E-state index contributed by atoms with van der Waals surface area (Å²) in [5, 5.41) is 0.725. The lowest BCUT2D eigenvalue weighted by Crippen LogP contribution is -2.07. The third kappa shape index (κ3) is 2.39. The Bertz CT molecular complexity index is 496. The highest BCUT2D eigenvalue weighted by atomic mass is 127. The third-order valence-corrected chi connectivity index (χ3v) is 3.26. The third-order valence-electron chi connectivity index (χ3n) is 2.28. The molecule has 0 atom stereocenters. The monoisotopic (exact) mass is 347 g/mol.